The van der Waals surface area contributed by atoms with E-state index in [-0.39, 0.29) is 5.92 Å². The van der Waals surface area contributed by atoms with E-state index in [0.717, 1.165) is 32.6 Å². The lowest BCUT2D eigenvalue weighted by Gasteiger charge is -2.32. The fourth-order valence-corrected chi connectivity index (χ4v) is 3.34. The molecule has 3 atom stereocenters. The Morgan fingerprint density at radius 3 is 2.61 bits per heavy atom. The molecule has 0 saturated carbocycles. The molecule has 2 rings (SSSR count). The molecular weight excluding hydrogens is 230 g/mol. The third kappa shape index (κ3) is 2.28. The van der Waals surface area contributed by atoms with E-state index in [0.29, 0.717) is 18.5 Å². The Kier molecular flexibility index (Phi) is 3.97. The largest absolute Gasteiger partial charge is 0.481 e. The number of rotatable bonds is 4. The number of aliphatic carboxylic acids is 1. The quantitative estimate of drug-likeness (QED) is 0.833. The molecule has 0 aromatic carbocycles. The lowest BCUT2D eigenvalue weighted by molar-refractivity contribution is -0.151. The summed E-state index contributed by atoms with van der Waals surface area (Å²) in [6.07, 6.45) is 1.89. The van der Waals surface area contributed by atoms with Crippen molar-refractivity contribution < 1.29 is 14.6 Å². The second-order valence-corrected chi connectivity index (χ2v) is 6.20. The van der Waals surface area contributed by atoms with Gasteiger partial charge in [-0.3, -0.25) is 9.69 Å². The maximum Gasteiger partial charge on any atom is 0.311 e. The molecule has 18 heavy (non-hydrogen) atoms. The van der Waals surface area contributed by atoms with Crippen LogP contribution in [0.5, 0.6) is 0 Å². The lowest BCUT2D eigenvalue weighted by Crippen LogP contribution is -2.43. The number of hydrogen-bond acceptors (Lipinski definition) is 3. The van der Waals surface area contributed by atoms with Gasteiger partial charge in [0.15, 0.2) is 0 Å². The Morgan fingerprint density at radius 2 is 2.17 bits per heavy atom. The molecule has 1 N–H and O–H groups in total. The molecule has 2 aliphatic heterocycles. The highest BCUT2D eigenvalue weighted by molar-refractivity contribution is 5.75. The summed E-state index contributed by atoms with van der Waals surface area (Å²) in [6.45, 7) is 9.57. The van der Waals surface area contributed by atoms with Crippen molar-refractivity contribution in [1.82, 2.24) is 4.90 Å². The van der Waals surface area contributed by atoms with Crippen LogP contribution in [0.3, 0.4) is 0 Å². The Hall–Kier alpha value is -0.610. The maximum atomic E-state index is 11.6. The van der Waals surface area contributed by atoms with Crippen LogP contribution in [0.1, 0.15) is 33.6 Å². The van der Waals surface area contributed by atoms with Crippen LogP contribution in [0, 0.1) is 17.3 Å². The number of carboxylic acids is 1. The number of nitrogens with zero attached hydrogens (tertiary/aromatic N) is 1. The molecule has 3 unspecified atom stereocenters. The summed E-state index contributed by atoms with van der Waals surface area (Å²) in [5.74, 6) is 0.128. The Bertz CT molecular complexity index is 312. The number of hydrogen-bond donors (Lipinski definition) is 1. The summed E-state index contributed by atoms with van der Waals surface area (Å²) in [7, 11) is 0. The van der Waals surface area contributed by atoms with E-state index in [1.807, 2.05) is 13.8 Å². The number of carbonyl (C=O) groups is 1. The first-order valence-corrected chi connectivity index (χ1v) is 7.02. The molecule has 0 amide bonds. The van der Waals surface area contributed by atoms with Gasteiger partial charge in [-0.15, -0.1) is 0 Å². The molecule has 104 valence electrons. The minimum Gasteiger partial charge on any atom is -0.481 e. The van der Waals surface area contributed by atoms with Gasteiger partial charge in [0, 0.05) is 19.2 Å². The van der Waals surface area contributed by atoms with Crippen LogP contribution in [0.4, 0.5) is 0 Å². The first-order chi connectivity index (χ1) is 8.47. The normalized spacial score (nSPS) is 35.2. The molecule has 2 saturated heterocycles. The van der Waals surface area contributed by atoms with Gasteiger partial charge in [-0.1, -0.05) is 13.8 Å². The zero-order valence-electron chi connectivity index (χ0n) is 11.7. The average molecular weight is 255 g/mol. The van der Waals surface area contributed by atoms with Gasteiger partial charge < -0.3 is 9.84 Å². The van der Waals surface area contributed by atoms with Gasteiger partial charge in [0.05, 0.1) is 12.0 Å². The molecule has 4 nitrogen and oxygen atoms in total. The molecule has 0 radical (unpaired) electrons. The predicted molar refractivity (Wildman–Crippen MR) is 69.5 cm³/mol. The molecule has 0 spiro atoms. The predicted octanol–water partition coefficient (Wildman–Crippen LogP) is 1.84. The Labute approximate surface area is 109 Å². The van der Waals surface area contributed by atoms with E-state index < -0.39 is 11.4 Å². The standard InChI is InChI=1S/C14H25NO3/c1-10(2)14(13(16)17)5-6-15(9-14)11(3)12-4-7-18-8-12/h10-12H,4-9H2,1-3H3,(H,16,17). The summed E-state index contributed by atoms with van der Waals surface area (Å²) >= 11 is 0. The van der Waals surface area contributed by atoms with Crippen LogP contribution in [0.25, 0.3) is 0 Å². The fourth-order valence-electron chi connectivity index (χ4n) is 3.34. The average Bonchev–Trinajstić information content (AvgIpc) is 2.98. The van der Waals surface area contributed by atoms with Gasteiger partial charge in [0.25, 0.3) is 0 Å². The van der Waals surface area contributed by atoms with E-state index in [1.54, 1.807) is 0 Å². The van der Waals surface area contributed by atoms with Crippen molar-refractivity contribution in [3.8, 4) is 0 Å². The summed E-state index contributed by atoms with van der Waals surface area (Å²) in [6, 6.07) is 0.437. The highest BCUT2D eigenvalue weighted by atomic mass is 16.5. The van der Waals surface area contributed by atoms with Crippen molar-refractivity contribution in [3.05, 3.63) is 0 Å². The van der Waals surface area contributed by atoms with Crippen LogP contribution >= 0.6 is 0 Å². The second-order valence-electron chi connectivity index (χ2n) is 6.20. The third-order valence-corrected chi connectivity index (χ3v) is 5.08. The smallest absolute Gasteiger partial charge is 0.311 e. The summed E-state index contributed by atoms with van der Waals surface area (Å²) < 4.78 is 5.44. The van der Waals surface area contributed by atoms with E-state index in [1.165, 1.54) is 0 Å². The number of ether oxygens (including phenoxy) is 1. The van der Waals surface area contributed by atoms with E-state index in [4.69, 9.17) is 4.74 Å². The van der Waals surface area contributed by atoms with Crippen LogP contribution in [-0.4, -0.2) is 48.3 Å². The maximum absolute atomic E-state index is 11.6. The summed E-state index contributed by atoms with van der Waals surface area (Å²) in [5, 5.41) is 9.55. The lowest BCUT2D eigenvalue weighted by atomic mass is 9.76. The molecule has 2 aliphatic rings. The van der Waals surface area contributed by atoms with Crippen molar-refractivity contribution in [2.45, 2.75) is 39.7 Å². The Morgan fingerprint density at radius 1 is 1.44 bits per heavy atom. The molecular formula is C14H25NO3. The van der Waals surface area contributed by atoms with Crippen molar-refractivity contribution in [2.24, 2.45) is 17.3 Å². The van der Waals surface area contributed by atoms with Crippen LogP contribution in [-0.2, 0) is 9.53 Å². The molecule has 0 bridgehead atoms. The molecule has 2 heterocycles. The second kappa shape index (κ2) is 5.17. The van der Waals surface area contributed by atoms with Gasteiger partial charge in [-0.25, -0.2) is 0 Å². The van der Waals surface area contributed by atoms with Crippen LogP contribution in [0.15, 0.2) is 0 Å². The van der Waals surface area contributed by atoms with Crippen LogP contribution in [0.2, 0.25) is 0 Å². The minimum absolute atomic E-state index is 0.187. The monoisotopic (exact) mass is 255 g/mol. The van der Waals surface area contributed by atoms with Gasteiger partial charge >= 0.3 is 5.97 Å². The van der Waals surface area contributed by atoms with E-state index >= 15 is 0 Å². The van der Waals surface area contributed by atoms with Crippen molar-refractivity contribution in [3.63, 3.8) is 0 Å². The van der Waals surface area contributed by atoms with Gasteiger partial charge in [-0.2, -0.15) is 0 Å². The number of likely N-dealkylation sites (tertiary alicyclic amines) is 1. The van der Waals surface area contributed by atoms with Crippen molar-refractivity contribution in [2.75, 3.05) is 26.3 Å². The first kappa shape index (κ1) is 13.8. The van der Waals surface area contributed by atoms with Gasteiger partial charge in [0.2, 0.25) is 0 Å². The van der Waals surface area contributed by atoms with Crippen molar-refractivity contribution >= 4 is 5.97 Å². The molecule has 0 aliphatic carbocycles. The first-order valence-electron chi connectivity index (χ1n) is 7.02. The fraction of sp³-hybridized carbons (Fsp3) is 0.929. The Balaban J connectivity index is 2.04. The minimum atomic E-state index is -0.630. The summed E-state index contributed by atoms with van der Waals surface area (Å²) in [5.41, 5.74) is -0.548. The van der Waals surface area contributed by atoms with Gasteiger partial charge in [-0.05, 0) is 38.1 Å². The third-order valence-electron chi connectivity index (χ3n) is 5.08. The van der Waals surface area contributed by atoms with E-state index in [2.05, 4.69) is 11.8 Å². The zero-order valence-corrected chi connectivity index (χ0v) is 11.7. The molecule has 0 aromatic heterocycles. The van der Waals surface area contributed by atoms with E-state index in [9.17, 15) is 9.90 Å². The highest BCUT2D eigenvalue weighted by Gasteiger charge is 2.48. The SMILES string of the molecule is CC(C1CCOC1)N1CCC(C(=O)O)(C(C)C)C1. The zero-order chi connectivity index (χ0) is 13.3. The van der Waals surface area contributed by atoms with Crippen molar-refractivity contribution in [1.29, 1.82) is 0 Å². The molecule has 0 aromatic rings. The highest BCUT2D eigenvalue weighted by Crippen LogP contribution is 2.40. The molecule has 4 heteroatoms. The topological polar surface area (TPSA) is 49.8 Å². The van der Waals surface area contributed by atoms with Gasteiger partial charge in [0.1, 0.15) is 0 Å². The number of carboxylic acid groups (broad SMARTS) is 1. The summed E-state index contributed by atoms with van der Waals surface area (Å²) in [4.78, 5) is 14.0. The van der Waals surface area contributed by atoms with Crippen LogP contribution < -0.4 is 0 Å². The molecule has 2 fully saturated rings.